The first-order valence-corrected chi connectivity index (χ1v) is 3.77. The molecule has 1 aromatic rings. The number of carboxylic acid groups (broad SMARTS) is 1. The van der Waals surface area contributed by atoms with E-state index < -0.39 is 5.97 Å². The van der Waals surface area contributed by atoms with E-state index in [-0.39, 0.29) is 6.42 Å². The topological polar surface area (TPSA) is 37.3 Å². The molecule has 0 saturated carbocycles. The highest BCUT2D eigenvalue weighted by molar-refractivity contribution is 7.09. The van der Waals surface area contributed by atoms with Crippen molar-refractivity contribution in [2.24, 2.45) is 0 Å². The van der Waals surface area contributed by atoms with Crippen molar-refractivity contribution in [1.82, 2.24) is 0 Å². The molecule has 0 bridgehead atoms. The normalized spacial score (nSPS) is 9.60. The van der Waals surface area contributed by atoms with Crippen LogP contribution in [0.25, 0.3) is 0 Å². The van der Waals surface area contributed by atoms with E-state index in [0.29, 0.717) is 6.42 Å². The van der Waals surface area contributed by atoms with E-state index in [1.807, 2.05) is 12.1 Å². The van der Waals surface area contributed by atoms with Gasteiger partial charge in [0.15, 0.2) is 0 Å². The SMILES string of the molecule is O=C(O)CCc1cc[c]s1. The predicted molar refractivity (Wildman–Crippen MR) is 39.1 cm³/mol. The number of hydrogen-bond donors (Lipinski definition) is 1. The summed E-state index contributed by atoms with van der Waals surface area (Å²) < 4.78 is 0. The minimum Gasteiger partial charge on any atom is -0.481 e. The molecule has 1 radical (unpaired) electrons. The molecule has 0 fully saturated rings. The van der Waals surface area contributed by atoms with E-state index >= 15 is 0 Å². The highest BCUT2D eigenvalue weighted by Gasteiger charge is 1.98. The van der Waals surface area contributed by atoms with E-state index in [1.54, 1.807) is 0 Å². The highest BCUT2D eigenvalue weighted by atomic mass is 32.1. The Morgan fingerprint density at radius 3 is 3.10 bits per heavy atom. The van der Waals surface area contributed by atoms with Crippen LogP contribution in [0.4, 0.5) is 0 Å². The summed E-state index contributed by atoms with van der Waals surface area (Å²) in [5, 5.41) is 11.2. The molecule has 0 atom stereocenters. The Bertz CT molecular complexity index is 203. The molecule has 1 aromatic heterocycles. The van der Waals surface area contributed by atoms with Gasteiger partial charge in [-0.25, -0.2) is 0 Å². The number of carboxylic acids is 1. The molecule has 0 spiro atoms. The molecule has 0 aliphatic rings. The number of thiophene rings is 1. The van der Waals surface area contributed by atoms with Crippen molar-refractivity contribution in [3.8, 4) is 0 Å². The molecule has 53 valence electrons. The first-order valence-electron chi connectivity index (χ1n) is 2.95. The second kappa shape index (κ2) is 3.37. The number of aliphatic carboxylic acids is 1. The Kier molecular flexibility index (Phi) is 2.45. The van der Waals surface area contributed by atoms with Crippen molar-refractivity contribution in [3.63, 3.8) is 0 Å². The zero-order valence-electron chi connectivity index (χ0n) is 5.33. The fraction of sp³-hybridized carbons (Fsp3) is 0.286. The van der Waals surface area contributed by atoms with Crippen LogP contribution in [0.5, 0.6) is 0 Å². The fourth-order valence-corrected chi connectivity index (χ4v) is 1.26. The van der Waals surface area contributed by atoms with Crippen LogP contribution in [-0.2, 0) is 11.2 Å². The second-order valence-corrected chi connectivity index (χ2v) is 2.88. The quantitative estimate of drug-likeness (QED) is 0.719. The van der Waals surface area contributed by atoms with Crippen LogP contribution in [0.15, 0.2) is 12.1 Å². The van der Waals surface area contributed by atoms with Gasteiger partial charge in [0.05, 0.1) is 6.42 Å². The summed E-state index contributed by atoms with van der Waals surface area (Å²) >= 11 is 1.48. The first kappa shape index (κ1) is 7.28. The third kappa shape index (κ3) is 2.19. The Hall–Kier alpha value is -0.830. The Balaban J connectivity index is 2.35. The van der Waals surface area contributed by atoms with Gasteiger partial charge in [0.25, 0.3) is 0 Å². The molecular formula is C7H7O2S. The molecule has 0 aliphatic heterocycles. The van der Waals surface area contributed by atoms with Gasteiger partial charge < -0.3 is 5.11 Å². The lowest BCUT2D eigenvalue weighted by Crippen LogP contribution is -1.95. The molecule has 0 saturated heterocycles. The Morgan fingerprint density at radius 1 is 1.80 bits per heavy atom. The summed E-state index contributed by atoms with van der Waals surface area (Å²) in [6, 6.07) is 3.70. The van der Waals surface area contributed by atoms with Crippen molar-refractivity contribution < 1.29 is 9.90 Å². The van der Waals surface area contributed by atoms with Crippen molar-refractivity contribution in [2.75, 3.05) is 0 Å². The van der Waals surface area contributed by atoms with Crippen LogP contribution >= 0.6 is 11.3 Å². The lowest BCUT2D eigenvalue weighted by Gasteiger charge is -1.89. The van der Waals surface area contributed by atoms with Gasteiger partial charge in [-0.05, 0) is 18.6 Å². The Morgan fingerprint density at radius 2 is 2.60 bits per heavy atom. The smallest absolute Gasteiger partial charge is 0.303 e. The van der Waals surface area contributed by atoms with Crippen LogP contribution in [0.3, 0.4) is 0 Å². The number of carbonyl (C=O) groups is 1. The predicted octanol–water partition coefficient (Wildman–Crippen LogP) is 1.57. The first-order chi connectivity index (χ1) is 4.79. The van der Waals surface area contributed by atoms with Crippen LogP contribution in [0, 0.1) is 5.38 Å². The number of hydrogen-bond acceptors (Lipinski definition) is 2. The fourth-order valence-electron chi connectivity index (χ4n) is 0.635. The third-order valence-corrected chi connectivity index (χ3v) is 1.97. The molecular weight excluding hydrogens is 148 g/mol. The molecule has 1 rings (SSSR count). The summed E-state index contributed by atoms with van der Waals surface area (Å²) in [5.74, 6) is -0.742. The zero-order chi connectivity index (χ0) is 7.40. The monoisotopic (exact) mass is 155 g/mol. The average Bonchev–Trinajstić information content (AvgIpc) is 2.34. The van der Waals surface area contributed by atoms with Crippen molar-refractivity contribution in [3.05, 3.63) is 22.4 Å². The van der Waals surface area contributed by atoms with Crippen molar-refractivity contribution >= 4 is 17.3 Å². The van der Waals surface area contributed by atoms with Crippen molar-refractivity contribution in [1.29, 1.82) is 0 Å². The second-order valence-electron chi connectivity index (χ2n) is 1.91. The van der Waals surface area contributed by atoms with E-state index in [1.165, 1.54) is 11.3 Å². The maximum absolute atomic E-state index is 10.1. The maximum Gasteiger partial charge on any atom is 0.303 e. The van der Waals surface area contributed by atoms with Crippen LogP contribution < -0.4 is 0 Å². The van der Waals surface area contributed by atoms with Gasteiger partial charge in [-0.3, -0.25) is 4.79 Å². The van der Waals surface area contributed by atoms with Crippen molar-refractivity contribution in [2.45, 2.75) is 12.8 Å². The van der Waals surface area contributed by atoms with Gasteiger partial charge >= 0.3 is 5.97 Å². The van der Waals surface area contributed by atoms with Gasteiger partial charge in [0, 0.05) is 10.3 Å². The minimum absolute atomic E-state index is 0.217. The van der Waals surface area contributed by atoms with E-state index in [0.717, 1.165) is 4.88 Å². The number of rotatable bonds is 3. The maximum atomic E-state index is 10.1. The molecule has 3 heteroatoms. The minimum atomic E-state index is -0.742. The van der Waals surface area contributed by atoms with E-state index in [2.05, 4.69) is 5.38 Å². The summed E-state index contributed by atoms with van der Waals surface area (Å²) in [6.45, 7) is 0. The largest absolute Gasteiger partial charge is 0.481 e. The van der Waals surface area contributed by atoms with Gasteiger partial charge in [-0.2, -0.15) is 0 Å². The molecule has 0 aliphatic carbocycles. The molecule has 0 unspecified atom stereocenters. The van der Waals surface area contributed by atoms with Crippen LogP contribution in [-0.4, -0.2) is 11.1 Å². The van der Waals surface area contributed by atoms with Gasteiger partial charge in [0.1, 0.15) is 0 Å². The molecule has 0 aromatic carbocycles. The van der Waals surface area contributed by atoms with Crippen LogP contribution in [0.1, 0.15) is 11.3 Å². The molecule has 2 nitrogen and oxygen atoms in total. The number of aryl methyl sites for hydroxylation is 1. The van der Waals surface area contributed by atoms with E-state index in [9.17, 15) is 4.79 Å². The molecule has 1 heterocycles. The highest BCUT2D eigenvalue weighted by Crippen LogP contribution is 2.09. The van der Waals surface area contributed by atoms with Gasteiger partial charge in [0.2, 0.25) is 0 Å². The summed E-state index contributed by atoms with van der Waals surface area (Å²) in [7, 11) is 0. The standard InChI is InChI=1S/C7H7O2S/c8-7(9)4-3-6-2-1-5-10-6/h1-2H,3-4H2,(H,8,9). The Labute approximate surface area is 63.1 Å². The van der Waals surface area contributed by atoms with Gasteiger partial charge in [-0.1, -0.05) is 0 Å². The van der Waals surface area contributed by atoms with Gasteiger partial charge in [-0.15, -0.1) is 11.3 Å². The summed E-state index contributed by atoms with van der Waals surface area (Å²) in [5.41, 5.74) is 0. The molecule has 0 amide bonds. The van der Waals surface area contributed by atoms with Crippen LogP contribution in [0.2, 0.25) is 0 Å². The lowest BCUT2D eigenvalue weighted by molar-refractivity contribution is -0.136. The zero-order valence-corrected chi connectivity index (χ0v) is 6.15. The lowest BCUT2D eigenvalue weighted by atomic mass is 10.3. The third-order valence-electron chi connectivity index (χ3n) is 1.11. The summed E-state index contributed by atoms with van der Waals surface area (Å²) in [4.78, 5) is 11.2. The van der Waals surface area contributed by atoms with E-state index in [4.69, 9.17) is 5.11 Å². The average molecular weight is 155 g/mol. The molecule has 10 heavy (non-hydrogen) atoms. The molecule has 1 N–H and O–H groups in total. The summed E-state index contributed by atoms with van der Waals surface area (Å²) in [6.07, 6.45) is 0.845.